The third-order valence-electron chi connectivity index (χ3n) is 3.44. The Morgan fingerprint density at radius 3 is 2.89 bits per heavy atom. The van der Waals surface area contributed by atoms with Crippen LogP contribution in [0.5, 0.6) is 5.75 Å². The van der Waals surface area contributed by atoms with Gasteiger partial charge in [0.25, 0.3) is 5.91 Å². The number of amides is 1. The molecular formula is C15H20N2O2. The molecule has 1 aromatic heterocycles. The molecule has 1 amide bonds. The fraction of sp³-hybridized carbons (Fsp3) is 0.467. The van der Waals surface area contributed by atoms with Gasteiger partial charge < -0.3 is 10.1 Å². The lowest BCUT2D eigenvalue weighted by atomic mass is 9.87. The first-order valence-corrected chi connectivity index (χ1v) is 6.52. The van der Waals surface area contributed by atoms with Gasteiger partial charge in [-0.15, -0.1) is 0 Å². The van der Waals surface area contributed by atoms with Gasteiger partial charge in [-0.3, -0.25) is 4.79 Å². The van der Waals surface area contributed by atoms with Gasteiger partial charge in [0.2, 0.25) is 0 Å². The normalized spacial score (nSPS) is 22.1. The number of hydrogen-bond donors (Lipinski definition) is 1. The Balaban J connectivity index is 2.18. The Labute approximate surface area is 113 Å². The van der Waals surface area contributed by atoms with Crippen molar-refractivity contribution in [3.05, 3.63) is 35.7 Å². The monoisotopic (exact) mass is 260 g/mol. The second-order valence-electron chi connectivity index (χ2n) is 5.29. The molecule has 1 heterocycles. The number of carbonyl (C=O) groups is 1. The smallest absolute Gasteiger partial charge is 0.274 e. The van der Waals surface area contributed by atoms with Gasteiger partial charge in [-0.1, -0.05) is 12.2 Å². The van der Waals surface area contributed by atoms with Crippen molar-refractivity contribution < 1.29 is 9.53 Å². The van der Waals surface area contributed by atoms with Crippen LogP contribution < -0.4 is 10.1 Å². The minimum atomic E-state index is -0.191. The SMILES string of the molecule is COc1cc(C)cnc1C(=O)NC1(C)CC=CCC1. The van der Waals surface area contributed by atoms with E-state index in [2.05, 4.69) is 29.4 Å². The molecule has 0 saturated carbocycles. The highest BCUT2D eigenvalue weighted by Gasteiger charge is 2.28. The van der Waals surface area contributed by atoms with Gasteiger partial charge >= 0.3 is 0 Å². The molecule has 1 unspecified atom stereocenters. The maximum absolute atomic E-state index is 12.3. The van der Waals surface area contributed by atoms with Crippen LogP contribution in [0, 0.1) is 6.92 Å². The first-order chi connectivity index (χ1) is 9.04. The number of aryl methyl sites for hydroxylation is 1. The summed E-state index contributed by atoms with van der Waals surface area (Å²) in [6, 6.07) is 1.82. The molecule has 4 heteroatoms. The molecule has 1 N–H and O–H groups in total. The van der Waals surface area contributed by atoms with Crippen LogP contribution in [0.4, 0.5) is 0 Å². The molecule has 4 nitrogen and oxygen atoms in total. The second kappa shape index (κ2) is 5.43. The van der Waals surface area contributed by atoms with E-state index in [0.29, 0.717) is 11.4 Å². The van der Waals surface area contributed by atoms with Crippen molar-refractivity contribution in [2.75, 3.05) is 7.11 Å². The van der Waals surface area contributed by atoms with Crippen LogP contribution in [0.3, 0.4) is 0 Å². The average Bonchev–Trinajstić information content (AvgIpc) is 2.38. The summed E-state index contributed by atoms with van der Waals surface area (Å²) in [4.78, 5) is 16.5. The van der Waals surface area contributed by atoms with Crippen LogP contribution in [0.25, 0.3) is 0 Å². The molecule has 0 radical (unpaired) electrons. The van der Waals surface area contributed by atoms with E-state index in [-0.39, 0.29) is 11.4 Å². The van der Waals surface area contributed by atoms with Gasteiger partial charge in [0, 0.05) is 11.7 Å². The third-order valence-corrected chi connectivity index (χ3v) is 3.44. The number of allylic oxidation sites excluding steroid dienone is 1. The van der Waals surface area contributed by atoms with Gasteiger partial charge in [0.1, 0.15) is 5.75 Å². The molecular weight excluding hydrogens is 240 g/mol. The Morgan fingerprint density at radius 1 is 1.47 bits per heavy atom. The van der Waals surface area contributed by atoms with Gasteiger partial charge in [0.05, 0.1) is 7.11 Å². The lowest BCUT2D eigenvalue weighted by molar-refractivity contribution is 0.0892. The van der Waals surface area contributed by atoms with E-state index in [1.165, 1.54) is 0 Å². The van der Waals surface area contributed by atoms with Crippen molar-refractivity contribution in [3.63, 3.8) is 0 Å². The number of ether oxygens (including phenoxy) is 1. The van der Waals surface area contributed by atoms with E-state index in [4.69, 9.17) is 4.74 Å². The van der Waals surface area contributed by atoms with Crippen molar-refractivity contribution in [2.24, 2.45) is 0 Å². The van der Waals surface area contributed by atoms with E-state index in [0.717, 1.165) is 24.8 Å². The van der Waals surface area contributed by atoms with E-state index in [9.17, 15) is 4.79 Å². The molecule has 19 heavy (non-hydrogen) atoms. The molecule has 0 aromatic carbocycles. The summed E-state index contributed by atoms with van der Waals surface area (Å²) in [5.41, 5.74) is 1.13. The number of nitrogens with one attached hydrogen (secondary N) is 1. The highest BCUT2D eigenvalue weighted by Crippen LogP contribution is 2.24. The highest BCUT2D eigenvalue weighted by atomic mass is 16.5. The van der Waals surface area contributed by atoms with Crippen molar-refractivity contribution >= 4 is 5.91 Å². The fourth-order valence-electron chi connectivity index (χ4n) is 2.28. The molecule has 0 saturated heterocycles. The number of methoxy groups -OCH3 is 1. The molecule has 1 atom stereocenters. The Bertz CT molecular complexity index is 511. The van der Waals surface area contributed by atoms with Gasteiger partial charge in [-0.25, -0.2) is 4.98 Å². The zero-order valence-electron chi connectivity index (χ0n) is 11.7. The summed E-state index contributed by atoms with van der Waals surface area (Å²) in [6.45, 7) is 3.99. The predicted octanol–water partition coefficient (Wildman–Crippen LogP) is 2.63. The van der Waals surface area contributed by atoms with Crippen LogP contribution in [0.1, 0.15) is 42.2 Å². The van der Waals surface area contributed by atoms with Crippen LogP contribution in [-0.4, -0.2) is 23.5 Å². The molecule has 0 bridgehead atoms. The molecule has 2 rings (SSSR count). The van der Waals surface area contributed by atoms with Gasteiger partial charge in [-0.2, -0.15) is 0 Å². The minimum absolute atomic E-state index is 0.172. The summed E-state index contributed by atoms with van der Waals surface area (Å²) in [7, 11) is 1.55. The topological polar surface area (TPSA) is 51.2 Å². The summed E-state index contributed by atoms with van der Waals surface area (Å²) in [5, 5.41) is 3.07. The first kappa shape index (κ1) is 13.6. The lowest BCUT2D eigenvalue weighted by Crippen LogP contribution is -2.46. The summed E-state index contributed by atoms with van der Waals surface area (Å²) in [6.07, 6.45) is 8.74. The van der Waals surface area contributed by atoms with Gasteiger partial charge in [0.15, 0.2) is 5.69 Å². The minimum Gasteiger partial charge on any atom is -0.494 e. The average molecular weight is 260 g/mol. The number of aromatic nitrogens is 1. The van der Waals surface area contributed by atoms with E-state index < -0.39 is 0 Å². The second-order valence-corrected chi connectivity index (χ2v) is 5.29. The maximum Gasteiger partial charge on any atom is 0.274 e. The van der Waals surface area contributed by atoms with Crippen molar-refractivity contribution in [3.8, 4) is 5.75 Å². The standard InChI is InChI=1S/C15H20N2O2/c1-11-9-12(19-3)13(16-10-11)14(18)17-15(2)7-5-4-6-8-15/h4-5,9-10H,6-8H2,1-3H3,(H,17,18). The highest BCUT2D eigenvalue weighted by molar-refractivity contribution is 5.95. The molecule has 1 aliphatic rings. The molecule has 1 aliphatic carbocycles. The number of carbonyl (C=O) groups excluding carboxylic acids is 1. The van der Waals surface area contributed by atoms with E-state index in [1.54, 1.807) is 13.3 Å². The third kappa shape index (κ3) is 3.13. The molecule has 0 fully saturated rings. The van der Waals surface area contributed by atoms with Crippen LogP contribution in [0.15, 0.2) is 24.4 Å². The summed E-state index contributed by atoms with van der Waals surface area (Å²) < 4.78 is 5.23. The molecule has 102 valence electrons. The number of rotatable bonds is 3. The quantitative estimate of drug-likeness (QED) is 0.850. The number of pyridine rings is 1. The fourth-order valence-corrected chi connectivity index (χ4v) is 2.28. The predicted molar refractivity (Wildman–Crippen MR) is 74.4 cm³/mol. The molecule has 0 aliphatic heterocycles. The zero-order chi connectivity index (χ0) is 13.9. The number of hydrogen-bond acceptors (Lipinski definition) is 3. The molecule has 1 aromatic rings. The largest absolute Gasteiger partial charge is 0.494 e. The summed E-state index contributed by atoms with van der Waals surface area (Å²) in [5.74, 6) is 0.349. The van der Waals surface area contributed by atoms with E-state index >= 15 is 0 Å². The van der Waals surface area contributed by atoms with Crippen LogP contribution in [-0.2, 0) is 0 Å². The zero-order valence-corrected chi connectivity index (χ0v) is 11.7. The lowest BCUT2D eigenvalue weighted by Gasteiger charge is -2.31. The van der Waals surface area contributed by atoms with Crippen LogP contribution in [0.2, 0.25) is 0 Å². The Hall–Kier alpha value is -1.84. The first-order valence-electron chi connectivity index (χ1n) is 6.52. The molecule has 0 spiro atoms. The number of nitrogens with zero attached hydrogens (tertiary/aromatic N) is 1. The Kier molecular flexibility index (Phi) is 3.88. The van der Waals surface area contributed by atoms with Crippen molar-refractivity contribution in [2.45, 2.75) is 38.6 Å². The van der Waals surface area contributed by atoms with E-state index in [1.807, 2.05) is 13.0 Å². The van der Waals surface area contributed by atoms with Crippen molar-refractivity contribution in [1.29, 1.82) is 0 Å². The van der Waals surface area contributed by atoms with Crippen molar-refractivity contribution in [1.82, 2.24) is 10.3 Å². The van der Waals surface area contributed by atoms with Crippen LogP contribution >= 0.6 is 0 Å². The maximum atomic E-state index is 12.3. The summed E-state index contributed by atoms with van der Waals surface area (Å²) >= 11 is 0. The Morgan fingerprint density at radius 2 is 2.26 bits per heavy atom. The van der Waals surface area contributed by atoms with Gasteiger partial charge in [-0.05, 0) is 44.7 Å².